The van der Waals surface area contributed by atoms with Crippen LogP contribution in [-0.2, 0) is 7.05 Å². The monoisotopic (exact) mass is 208 g/mol. The van der Waals surface area contributed by atoms with Crippen LogP contribution in [0.5, 0.6) is 0 Å². The first kappa shape index (κ1) is 9.15. The van der Waals surface area contributed by atoms with Gasteiger partial charge in [0.05, 0.1) is 11.3 Å². The van der Waals surface area contributed by atoms with Gasteiger partial charge < -0.3 is 0 Å². The summed E-state index contributed by atoms with van der Waals surface area (Å²) in [7, 11) is 1.86. The Hall–Kier alpha value is -1.42. The minimum Gasteiger partial charge on any atom is -0.275 e. The maximum absolute atomic E-state index is 5.78. The molecule has 0 unspecified atom stereocenters. The van der Waals surface area contributed by atoms with Gasteiger partial charge in [0, 0.05) is 19.4 Å². The van der Waals surface area contributed by atoms with Gasteiger partial charge in [-0.05, 0) is 13.0 Å². The summed E-state index contributed by atoms with van der Waals surface area (Å²) >= 11 is 5.78. The van der Waals surface area contributed by atoms with Crippen molar-refractivity contribution in [3.05, 3.63) is 29.3 Å². The molecule has 72 valence electrons. The summed E-state index contributed by atoms with van der Waals surface area (Å²) in [6, 6.07) is 1.65. The van der Waals surface area contributed by atoms with Crippen LogP contribution < -0.4 is 0 Å². The fraction of sp³-hybridized carbons (Fsp3) is 0.222. The number of halogens is 1. The van der Waals surface area contributed by atoms with E-state index in [1.165, 1.54) is 0 Å². The van der Waals surface area contributed by atoms with Crippen LogP contribution in [-0.4, -0.2) is 19.7 Å². The Morgan fingerprint density at radius 1 is 1.43 bits per heavy atom. The van der Waals surface area contributed by atoms with Gasteiger partial charge in [0.2, 0.25) is 0 Å². The molecule has 2 rings (SSSR count). The van der Waals surface area contributed by atoms with E-state index in [1.54, 1.807) is 16.9 Å². The summed E-state index contributed by atoms with van der Waals surface area (Å²) in [5.74, 6) is 0.614. The van der Waals surface area contributed by atoms with Crippen LogP contribution in [0, 0.1) is 6.92 Å². The van der Waals surface area contributed by atoms with E-state index in [0.717, 1.165) is 11.3 Å². The first-order valence-electron chi connectivity index (χ1n) is 4.16. The van der Waals surface area contributed by atoms with E-state index >= 15 is 0 Å². The number of aromatic nitrogens is 4. The van der Waals surface area contributed by atoms with Gasteiger partial charge >= 0.3 is 0 Å². The van der Waals surface area contributed by atoms with Gasteiger partial charge in [-0.15, -0.1) is 0 Å². The highest BCUT2D eigenvalue weighted by atomic mass is 35.5. The molecule has 2 aromatic heterocycles. The van der Waals surface area contributed by atoms with E-state index in [4.69, 9.17) is 11.6 Å². The van der Waals surface area contributed by atoms with Gasteiger partial charge in [0.25, 0.3) is 0 Å². The molecule has 0 aromatic carbocycles. The smallest absolute Gasteiger partial charge is 0.164 e. The second-order valence-corrected chi connectivity index (χ2v) is 3.39. The van der Waals surface area contributed by atoms with Crippen molar-refractivity contribution in [1.82, 2.24) is 19.7 Å². The van der Waals surface area contributed by atoms with Crippen molar-refractivity contribution in [2.45, 2.75) is 6.92 Å². The van der Waals surface area contributed by atoms with E-state index in [-0.39, 0.29) is 0 Å². The molecule has 4 nitrogen and oxygen atoms in total. The molecule has 5 heteroatoms. The second kappa shape index (κ2) is 3.38. The van der Waals surface area contributed by atoms with Gasteiger partial charge in [0.1, 0.15) is 5.15 Å². The lowest BCUT2D eigenvalue weighted by molar-refractivity contribution is 0.756. The highest BCUT2D eigenvalue weighted by Crippen LogP contribution is 2.18. The molecule has 0 spiro atoms. The molecule has 0 saturated heterocycles. The Bertz CT molecular complexity index is 464. The van der Waals surface area contributed by atoms with Gasteiger partial charge in [0.15, 0.2) is 5.82 Å². The van der Waals surface area contributed by atoms with Crippen LogP contribution in [0.2, 0.25) is 5.15 Å². The standard InChI is InChI=1S/C9H9ClN4/c1-6-7(5-14(2)13-6)9-11-4-3-8(10)12-9/h3-5H,1-2H3. The van der Waals surface area contributed by atoms with E-state index < -0.39 is 0 Å². The maximum Gasteiger partial charge on any atom is 0.164 e. The summed E-state index contributed by atoms with van der Waals surface area (Å²) in [6.07, 6.45) is 3.51. The maximum atomic E-state index is 5.78. The Balaban J connectivity index is 2.54. The summed E-state index contributed by atoms with van der Waals surface area (Å²) in [5, 5.41) is 4.65. The summed E-state index contributed by atoms with van der Waals surface area (Å²) in [5.41, 5.74) is 1.81. The van der Waals surface area contributed by atoms with Crippen LogP contribution in [0.25, 0.3) is 11.4 Å². The molecule has 0 N–H and O–H groups in total. The molecule has 0 aliphatic rings. The zero-order valence-electron chi connectivity index (χ0n) is 7.90. The molecular formula is C9H9ClN4. The van der Waals surface area contributed by atoms with Gasteiger partial charge in [-0.2, -0.15) is 5.10 Å². The number of hydrogen-bond acceptors (Lipinski definition) is 3. The highest BCUT2D eigenvalue weighted by molar-refractivity contribution is 6.29. The Morgan fingerprint density at radius 2 is 2.21 bits per heavy atom. The van der Waals surface area contributed by atoms with Crippen molar-refractivity contribution >= 4 is 11.6 Å². The van der Waals surface area contributed by atoms with Crippen molar-refractivity contribution in [3.8, 4) is 11.4 Å². The van der Waals surface area contributed by atoms with Crippen molar-refractivity contribution in [2.24, 2.45) is 7.05 Å². The lowest BCUT2D eigenvalue weighted by Crippen LogP contribution is -1.88. The SMILES string of the molecule is Cc1nn(C)cc1-c1nccc(Cl)n1. The predicted molar refractivity (Wildman–Crippen MR) is 54.0 cm³/mol. The van der Waals surface area contributed by atoms with Gasteiger partial charge in [-0.1, -0.05) is 11.6 Å². The van der Waals surface area contributed by atoms with E-state index in [1.807, 2.05) is 20.2 Å². The molecule has 2 aromatic rings. The number of aryl methyl sites for hydroxylation is 2. The zero-order valence-corrected chi connectivity index (χ0v) is 8.65. The lowest BCUT2D eigenvalue weighted by atomic mass is 10.2. The molecule has 0 fully saturated rings. The highest BCUT2D eigenvalue weighted by Gasteiger charge is 2.08. The van der Waals surface area contributed by atoms with Gasteiger partial charge in [-0.3, -0.25) is 4.68 Å². The molecule has 0 saturated carbocycles. The molecule has 0 aliphatic carbocycles. The zero-order chi connectivity index (χ0) is 10.1. The number of hydrogen-bond donors (Lipinski definition) is 0. The van der Waals surface area contributed by atoms with E-state index in [0.29, 0.717) is 11.0 Å². The third-order valence-electron chi connectivity index (χ3n) is 1.88. The topological polar surface area (TPSA) is 43.6 Å². The first-order chi connectivity index (χ1) is 6.66. The summed E-state index contributed by atoms with van der Waals surface area (Å²) < 4.78 is 1.73. The molecule has 0 aliphatic heterocycles. The average Bonchev–Trinajstić information content (AvgIpc) is 2.45. The van der Waals surface area contributed by atoms with Crippen LogP contribution in [0.15, 0.2) is 18.5 Å². The quantitative estimate of drug-likeness (QED) is 0.672. The first-order valence-corrected chi connectivity index (χ1v) is 4.54. The van der Waals surface area contributed by atoms with Gasteiger partial charge in [-0.25, -0.2) is 9.97 Å². The summed E-state index contributed by atoms with van der Waals surface area (Å²) in [4.78, 5) is 8.25. The fourth-order valence-electron chi connectivity index (χ4n) is 1.29. The number of nitrogens with zero attached hydrogens (tertiary/aromatic N) is 4. The van der Waals surface area contributed by atoms with E-state index in [2.05, 4.69) is 15.1 Å². The normalized spacial score (nSPS) is 10.5. The van der Waals surface area contributed by atoms with Crippen LogP contribution in [0.3, 0.4) is 0 Å². The van der Waals surface area contributed by atoms with Crippen LogP contribution in [0.4, 0.5) is 0 Å². The van der Waals surface area contributed by atoms with Crippen molar-refractivity contribution < 1.29 is 0 Å². The van der Waals surface area contributed by atoms with Crippen molar-refractivity contribution in [3.63, 3.8) is 0 Å². The molecule has 0 bridgehead atoms. The van der Waals surface area contributed by atoms with E-state index in [9.17, 15) is 0 Å². The minimum absolute atomic E-state index is 0.443. The number of rotatable bonds is 1. The van der Waals surface area contributed by atoms with Crippen LogP contribution in [0.1, 0.15) is 5.69 Å². The van der Waals surface area contributed by atoms with Crippen molar-refractivity contribution in [1.29, 1.82) is 0 Å². The largest absolute Gasteiger partial charge is 0.275 e. The predicted octanol–water partition coefficient (Wildman–Crippen LogP) is 1.84. The minimum atomic E-state index is 0.443. The Morgan fingerprint density at radius 3 is 2.79 bits per heavy atom. The van der Waals surface area contributed by atoms with Crippen molar-refractivity contribution in [2.75, 3.05) is 0 Å². The average molecular weight is 209 g/mol. The van der Waals surface area contributed by atoms with Crippen LogP contribution >= 0.6 is 11.6 Å². The fourth-order valence-corrected chi connectivity index (χ4v) is 1.42. The molecule has 14 heavy (non-hydrogen) atoms. The Labute approximate surface area is 86.6 Å². The molecule has 0 radical (unpaired) electrons. The third-order valence-corrected chi connectivity index (χ3v) is 2.09. The lowest BCUT2D eigenvalue weighted by Gasteiger charge is -1.96. The molecule has 2 heterocycles. The molecule has 0 atom stereocenters. The molecule has 0 amide bonds. The molecular weight excluding hydrogens is 200 g/mol. The Kier molecular flexibility index (Phi) is 2.21. The second-order valence-electron chi connectivity index (χ2n) is 3.00. The summed E-state index contributed by atoms with van der Waals surface area (Å²) in [6.45, 7) is 1.92. The third kappa shape index (κ3) is 1.61.